The average Bonchev–Trinajstić information content (AvgIpc) is 2.63. The Kier molecular flexibility index (Phi) is 2.90. The van der Waals surface area contributed by atoms with Gasteiger partial charge in [-0.15, -0.1) is 0 Å². The van der Waals surface area contributed by atoms with E-state index in [0.29, 0.717) is 0 Å². The van der Waals surface area contributed by atoms with E-state index < -0.39 is 0 Å². The number of anilines is 1. The van der Waals surface area contributed by atoms with Crippen molar-refractivity contribution in [3.8, 4) is 0 Å². The van der Waals surface area contributed by atoms with Crippen LogP contribution < -0.4 is 5.32 Å². The van der Waals surface area contributed by atoms with Crippen LogP contribution in [0, 0.1) is 20.8 Å². The Morgan fingerprint density at radius 1 is 1.25 bits per heavy atom. The molecule has 0 atom stereocenters. The minimum atomic E-state index is 0.772. The molecule has 0 spiro atoms. The standard InChI is InChI=1S/C12H16N4/c1-8-4-5-12(10(3)15-8)13-6-11-7-14-16-9(11)2/h4-5,7,13H,6H2,1-3H3,(H,14,16). The second-order valence-corrected chi connectivity index (χ2v) is 3.96. The van der Waals surface area contributed by atoms with Crippen LogP contribution in [0.5, 0.6) is 0 Å². The van der Waals surface area contributed by atoms with E-state index in [-0.39, 0.29) is 0 Å². The van der Waals surface area contributed by atoms with Gasteiger partial charge < -0.3 is 5.32 Å². The van der Waals surface area contributed by atoms with E-state index in [1.165, 1.54) is 5.56 Å². The minimum Gasteiger partial charge on any atom is -0.379 e. The predicted octanol–water partition coefficient (Wildman–Crippen LogP) is 2.34. The first-order valence-corrected chi connectivity index (χ1v) is 5.34. The van der Waals surface area contributed by atoms with Gasteiger partial charge in [-0.3, -0.25) is 10.1 Å². The summed E-state index contributed by atoms with van der Waals surface area (Å²) in [5.41, 5.74) is 5.43. The lowest BCUT2D eigenvalue weighted by molar-refractivity contribution is 1.04. The van der Waals surface area contributed by atoms with Crippen molar-refractivity contribution in [1.29, 1.82) is 0 Å². The normalized spacial score (nSPS) is 10.4. The molecule has 84 valence electrons. The first kappa shape index (κ1) is 10.7. The molecule has 0 amide bonds. The minimum absolute atomic E-state index is 0.772. The summed E-state index contributed by atoms with van der Waals surface area (Å²) in [5, 5.41) is 10.3. The summed E-state index contributed by atoms with van der Waals surface area (Å²) in [7, 11) is 0. The van der Waals surface area contributed by atoms with Gasteiger partial charge in [0.25, 0.3) is 0 Å². The predicted molar refractivity (Wildman–Crippen MR) is 64.4 cm³/mol. The maximum atomic E-state index is 4.41. The highest BCUT2D eigenvalue weighted by molar-refractivity contribution is 5.48. The van der Waals surface area contributed by atoms with Crippen molar-refractivity contribution in [2.24, 2.45) is 0 Å². The molecule has 2 aromatic heterocycles. The number of aromatic amines is 1. The van der Waals surface area contributed by atoms with Crippen molar-refractivity contribution in [3.05, 3.63) is 41.0 Å². The number of nitrogens with zero attached hydrogens (tertiary/aromatic N) is 2. The third kappa shape index (κ3) is 2.21. The van der Waals surface area contributed by atoms with E-state index in [1.54, 1.807) is 0 Å². The fourth-order valence-corrected chi connectivity index (χ4v) is 1.62. The summed E-state index contributed by atoms with van der Waals surface area (Å²) in [6.07, 6.45) is 1.85. The molecule has 0 aliphatic rings. The molecular formula is C12H16N4. The lowest BCUT2D eigenvalue weighted by Crippen LogP contribution is -2.02. The summed E-state index contributed by atoms with van der Waals surface area (Å²) in [4.78, 5) is 4.41. The zero-order valence-corrected chi connectivity index (χ0v) is 9.83. The Morgan fingerprint density at radius 2 is 2.06 bits per heavy atom. The van der Waals surface area contributed by atoms with Gasteiger partial charge in [-0.1, -0.05) is 0 Å². The van der Waals surface area contributed by atoms with Crippen LogP contribution >= 0.6 is 0 Å². The van der Waals surface area contributed by atoms with Crippen molar-refractivity contribution in [2.45, 2.75) is 27.3 Å². The molecule has 2 aromatic rings. The molecular weight excluding hydrogens is 200 g/mol. The van der Waals surface area contributed by atoms with Crippen molar-refractivity contribution < 1.29 is 0 Å². The van der Waals surface area contributed by atoms with Gasteiger partial charge in [0, 0.05) is 23.5 Å². The summed E-state index contributed by atoms with van der Waals surface area (Å²) in [6, 6.07) is 4.07. The van der Waals surface area contributed by atoms with Gasteiger partial charge in [0.1, 0.15) is 0 Å². The Hall–Kier alpha value is -1.84. The van der Waals surface area contributed by atoms with E-state index >= 15 is 0 Å². The highest BCUT2D eigenvalue weighted by Crippen LogP contribution is 2.14. The fourth-order valence-electron chi connectivity index (χ4n) is 1.62. The van der Waals surface area contributed by atoms with E-state index in [0.717, 1.165) is 29.3 Å². The lowest BCUT2D eigenvalue weighted by atomic mass is 10.2. The number of hydrogen-bond acceptors (Lipinski definition) is 3. The van der Waals surface area contributed by atoms with E-state index in [9.17, 15) is 0 Å². The quantitative estimate of drug-likeness (QED) is 0.828. The molecule has 0 aliphatic carbocycles. The largest absolute Gasteiger partial charge is 0.379 e. The zero-order chi connectivity index (χ0) is 11.5. The molecule has 0 unspecified atom stereocenters. The monoisotopic (exact) mass is 216 g/mol. The average molecular weight is 216 g/mol. The zero-order valence-electron chi connectivity index (χ0n) is 9.83. The highest BCUT2D eigenvalue weighted by Gasteiger charge is 2.02. The number of hydrogen-bond donors (Lipinski definition) is 2. The Morgan fingerprint density at radius 3 is 2.69 bits per heavy atom. The Balaban J connectivity index is 2.08. The number of rotatable bonds is 3. The van der Waals surface area contributed by atoms with Crippen LogP contribution in [-0.4, -0.2) is 15.2 Å². The summed E-state index contributed by atoms with van der Waals surface area (Å²) < 4.78 is 0. The lowest BCUT2D eigenvalue weighted by Gasteiger charge is -2.08. The summed E-state index contributed by atoms with van der Waals surface area (Å²) in [5.74, 6) is 0. The molecule has 4 heteroatoms. The van der Waals surface area contributed by atoms with Crippen LogP contribution in [0.25, 0.3) is 0 Å². The van der Waals surface area contributed by atoms with Crippen LogP contribution in [0.2, 0.25) is 0 Å². The molecule has 0 aromatic carbocycles. The summed E-state index contributed by atoms with van der Waals surface area (Å²) in [6.45, 7) is 6.80. The molecule has 0 saturated carbocycles. The Bertz CT molecular complexity index is 488. The van der Waals surface area contributed by atoms with E-state index in [2.05, 4.69) is 26.6 Å². The Labute approximate surface area is 95.1 Å². The van der Waals surface area contributed by atoms with Crippen LogP contribution in [-0.2, 0) is 6.54 Å². The van der Waals surface area contributed by atoms with Gasteiger partial charge in [0.2, 0.25) is 0 Å². The van der Waals surface area contributed by atoms with Gasteiger partial charge in [-0.25, -0.2) is 0 Å². The molecule has 0 fully saturated rings. The first-order chi connectivity index (χ1) is 7.66. The molecule has 16 heavy (non-hydrogen) atoms. The van der Waals surface area contributed by atoms with Gasteiger partial charge in [0.15, 0.2) is 0 Å². The maximum absolute atomic E-state index is 4.41. The molecule has 2 heterocycles. The molecule has 0 radical (unpaired) electrons. The second-order valence-electron chi connectivity index (χ2n) is 3.96. The third-order valence-corrected chi connectivity index (χ3v) is 2.63. The van der Waals surface area contributed by atoms with Crippen molar-refractivity contribution in [3.63, 3.8) is 0 Å². The van der Waals surface area contributed by atoms with Crippen molar-refractivity contribution in [2.75, 3.05) is 5.32 Å². The van der Waals surface area contributed by atoms with Crippen LogP contribution in [0.4, 0.5) is 5.69 Å². The van der Waals surface area contributed by atoms with Crippen LogP contribution in [0.1, 0.15) is 22.6 Å². The molecule has 2 rings (SSSR count). The molecule has 4 nitrogen and oxygen atoms in total. The highest BCUT2D eigenvalue weighted by atomic mass is 15.1. The van der Waals surface area contributed by atoms with Gasteiger partial charge >= 0.3 is 0 Å². The molecule has 0 saturated heterocycles. The van der Waals surface area contributed by atoms with Crippen LogP contribution in [0.3, 0.4) is 0 Å². The second kappa shape index (κ2) is 4.35. The topological polar surface area (TPSA) is 53.6 Å². The smallest absolute Gasteiger partial charge is 0.0606 e. The number of pyridine rings is 1. The first-order valence-electron chi connectivity index (χ1n) is 5.34. The van der Waals surface area contributed by atoms with Crippen molar-refractivity contribution in [1.82, 2.24) is 15.2 Å². The maximum Gasteiger partial charge on any atom is 0.0606 e. The number of aryl methyl sites for hydroxylation is 3. The third-order valence-electron chi connectivity index (χ3n) is 2.63. The van der Waals surface area contributed by atoms with Gasteiger partial charge in [0.05, 0.1) is 17.6 Å². The molecule has 0 bridgehead atoms. The number of H-pyrrole nitrogens is 1. The van der Waals surface area contributed by atoms with Gasteiger partial charge in [-0.2, -0.15) is 5.10 Å². The fraction of sp³-hybridized carbons (Fsp3) is 0.333. The van der Waals surface area contributed by atoms with Crippen LogP contribution in [0.15, 0.2) is 18.3 Å². The number of aromatic nitrogens is 3. The van der Waals surface area contributed by atoms with Gasteiger partial charge in [-0.05, 0) is 32.9 Å². The van der Waals surface area contributed by atoms with Crippen molar-refractivity contribution >= 4 is 5.69 Å². The number of nitrogens with one attached hydrogen (secondary N) is 2. The van der Waals surface area contributed by atoms with E-state index in [1.807, 2.05) is 33.0 Å². The molecule has 2 N–H and O–H groups in total. The summed E-state index contributed by atoms with van der Waals surface area (Å²) >= 11 is 0. The molecule has 0 aliphatic heterocycles. The van der Waals surface area contributed by atoms with E-state index in [4.69, 9.17) is 0 Å². The SMILES string of the molecule is Cc1ccc(NCc2cn[nH]c2C)c(C)n1.